The van der Waals surface area contributed by atoms with E-state index < -0.39 is 10.0 Å². The summed E-state index contributed by atoms with van der Waals surface area (Å²) >= 11 is 5.90. The number of hydrogen-bond acceptors (Lipinski definition) is 4. The van der Waals surface area contributed by atoms with Crippen LogP contribution in [0.1, 0.15) is 5.69 Å². The topological polar surface area (TPSA) is 53.5 Å². The van der Waals surface area contributed by atoms with E-state index in [-0.39, 0.29) is 0 Å². The van der Waals surface area contributed by atoms with Crippen molar-refractivity contribution in [2.75, 3.05) is 32.4 Å². The van der Waals surface area contributed by atoms with E-state index in [1.54, 1.807) is 12.3 Å². The highest BCUT2D eigenvalue weighted by atomic mass is 35.5. The maximum absolute atomic E-state index is 11.4. The van der Waals surface area contributed by atoms with Crippen molar-refractivity contribution < 1.29 is 8.42 Å². The molecule has 0 radical (unpaired) electrons. The minimum atomic E-state index is -3.06. The van der Waals surface area contributed by atoms with Gasteiger partial charge in [-0.15, -0.1) is 0 Å². The van der Waals surface area contributed by atoms with Crippen LogP contribution in [-0.4, -0.2) is 55.0 Å². The molecular weight excluding hydrogens is 274 g/mol. The van der Waals surface area contributed by atoms with Crippen LogP contribution in [0.5, 0.6) is 0 Å². The number of pyridine rings is 1. The van der Waals surface area contributed by atoms with Crippen molar-refractivity contribution in [3.05, 3.63) is 29.0 Å². The molecule has 2 rings (SSSR count). The lowest BCUT2D eigenvalue weighted by Gasteiger charge is -2.32. The molecule has 1 aliphatic rings. The van der Waals surface area contributed by atoms with Gasteiger partial charge in [0.05, 0.1) is 11.9 Å². The number of rotatable bonds is 3. The highest BCUT2D eigenvalue weighted by molar-refractivity contribution is 7.88. The zero-order chi connectivity index (χ0) is 13.2. The number of nitrogens with zero attached hydrogens (tertiary/aromatic N) is 3. The van der Waals surface area contributed by atoms with Crippen LogP contribution in [0.15, 0.2) is 18.3 Å². The molecule has 1 saturated heterocycles. The van der Waals surface area contributed by atoms with Crippen molar-refractivity contribution in [1.82, 2.24) is 14.2 Å². The second-order valence-corrected chi connectivity index (χ2v) is 6.82. The molecule has 5 nitrogen and oxygen atoms in total. The number of sulfonamides is 1. The molecule has 100 valence electrons. The van der Waals surface area contributed by atoms with Gasteiger partial charge in [-0.25, -0.2) is 8.42 Å². The summed E-state index contributed by atoms with van der Waals surface area (Å²) in [5.74, 6) is 0. The summed E-state index contributed by atoms with van der Waals surface area (Å²) in [5, 5.41) is 0.676. The van der Waals surface area contributed by atoms with Gasteiger partial charge in [0.25, 0.3) is 0 Å². The molecule has 0 bridgehead atoms. The summed E-state index contributed by atoms with van der Waals surface area (Å²) in [6.45, 7) is 3.24. The standard InChI is InChI=1S/C11H16ClN3O2S/c1-18(16,17)15-6-4-14(5-7-15)9-11-8-10(12)2-3-13-11/h2-3,8H,4-7,9H2,1H3. The molecule has 1 fully saturated rings. The fourth-order valence-corrected chi connectivity index (χ4v) is 2.99. The molecule has 0 spiro atoms. The second kappa shape index (κ2) is 5.52. The Kier molecular flexibility index (Phi) is 4.21. The highest BCUT2D eigenvalue weighted by Gasteiger charge is 2.23. The molecule has 0 aromatic carbocycles. The summed E-state index contributed by atoms with van der Waals surface area (Å²) < 4.78 is 24.3. The molecule has 1 aromatic rings. The Balaban J connectivity index is 1.91. The molecule has 0 saturated carbocycles. The van der Waals surface area contributed by atoms with Crippen LogP contribution >= 0.6 is 11.6 Å². The Bertz CT molecular complexity index is 513. The molecule has 18 heavy (non-hydrogen) atoms. The Morgan fingerprint density at radius 2 is 2.00 bits per heavy atom. The van der Waals surface area contributed by atoms with Crippen molar-refractivity contribution in [3.8, 4) is 0 Å². The van der Waals surface area contributed by atoms with Crippen LogP contribution < -0.4 is 0 Å². The maximum Gasteiger partial charge on any atom is 0.211 e. The van der Waals surface area contributed by atoms with Gasteiger partial charge in [-0.1, -0.05) is 11.6 Å². The van der Waals surface area contributed by atoms with Gasteiger partial charge in [0.2, 0.25) is 10.0 Å². The molecule has 0 atom stereocenters. The summed E-state index contributed by atoms with van der Waals surface area (Å²) in [6, 6.07) is 3.58. The monoisotopic (exact) mass is 289 g/mol. The van der Waals surface area contributed by atoms with Crippen LogP contribution in [0.4, 0.5) is 0 Å². The van der Waals surface area contributed by atoms with Crippen molar-refractivity contribution >= 4 is 21.6 Å². The lowest BCUT2D eigenvalue weighted by molar-refractivity contribution is 0.180. The zero-order valence-corrected chi connectivity index (χ0v) is 11.8. The van der Waals surface area contributed by atoms with Gasteiger partial charge in [0, 0.05) is 43.9 Å². The lowest BCUT2D eigenvalue weighted by atomic mass is 10.3. The van der Waals surface area contributed by atoms with Gasteiger partial charge in [-0.3, -0.25) is 9.88 Å². The van der Waals surface area contributed by atoms with E-state index in [4.69, 9.17) is 11.6 Å². The van der Waals surface area contributed by atoms with Crippen molar-refractivity contribution in [3.63, 3.8) is 0 Å². The SMILES string of the molecule is CS(=O)(=O)N1CCN(Cc2cc(Cl)ccn2)CC1. The molecule has 0 N–H and O–H groups in total. The predicted molar refractivity (Wildman–Crippen MR) is 70.9 cm³/mol. The Hall–Kier alpha value is -0.690. The highest BCUT2D eigenvalue weighted by Crippen LogP contribution is 2.12. The average molecular weight is 290 g/mol. The van der Waals surface area contributed by atoms with E-state index in [1.165, 1.54) is 10.6 Å². The van der Waals surface area contributed by atoms with Crippen molar-refractivity contribution in [2.24, 2.45) is 0 Å². The quantitative estimate of drug-likeness (QED) is 0.826. The summed E-state index contributed by atoms with van der Waals surface area (Å²) in [5.41, 5.74) is 0.912. The van der Waals surface area contributed by atoms with Crippen LogP contribution in [0.25, 0.3) is 0 Å². The third kappa shape index (κ3) is 3.65. The predicted octanol–water partition coefficient (Wildman–Crippen LogP) is 0.812. The fourth-order valence-electron chi connectivity index (χ4n) is 1.98. The Morgan fingerprint density at radius 1 is 1.33 bits per heavy atom. The van der Waals surface area contributed by atoms with E-state index >= 15 is 0 Å². The summed E-state index contributed by atoms with van der Waals surface area (Å²) in [4.78, 5) is 6.42. The molecule has 0 amide bonds. The van der Waals surface area contributed by atoms with Crippen LogP contribution in [-0.2, 0) is 16.6 Å². The molecule has 2 heterocycles. The number of piperazine rings is 1. The zero-order valence-electron chi connectivity index (χ0n) is 10.2. The third-order valence-corrected chi connectivity index (χ3v) is 4.50. The first-order valence-electron chi connectivity index (χ1n) is 5.73. The average Bonchev–Trinajstić information content (AvgIpc) is 2.28. The molecule has 0 aliphatic carbocycles. The third-order valence-electron chi connectivity index (χ3n) is 2.96. The van der Waals surface area contributed by atoms with Crippen molar-refractivity contribution in [1.29, 1.82) is 0 Å². The van der Waals surface area contributed by atoms with E-state index in [0.29, 0.717) is 24.7 Å². The number of hydrogen-bond donors (Lipinski definition) is 0. The first-order chi connectivity index (χ1) is 8.45. The maximum atomic E-state index is 11.4. The van der Waals surface area contributed by atoms with Gasteiger partial charge in [0.15, 0.2) is 0 Å². The van der Waals surface area contributed by atoms with Gasteiger partial charge in [-0.2, -0.15) is 4.31 Å². The number of halogens is 1. The van der Waals surface area contributed by atoms with Gasteiger partial charge < -0.3 is 0 Å². The van der Waals surface area contributed by atoms with E-state index in [9.17, 15) is 8.42 Å². The van der Waals surface area contributed by atoms with Crippen LogP contribution in [0.2, 0.25) is 5.02 Å². The van der Waals surface area contributed by atoms with Crippen LogP contribution in [0.3, 0.4) is 0 Å². The van der Waals surface area contributed by atoms with E-state index in [1.807, 2.05) is 6.07 Å². The molecular formula is C11H16ClN3O2S. The lowest BCUT2D eigenvalue weighted by Crippen LogP contribution is -2.47. The van der Waals surface area contributed by atoms with Gasteiger partial charge in [0.1, 0.15) is 0 Å². The first-order valence-corrected chi connectivity index (χ1v) is 7.96. The Labute approximate surface area is 112 Å². The van der Waals surface area contributed by atoms with Gasteiger partial charge >= 0.3 is 0 Å². The smallest absolute Gasteiger partial charge is 0.211 e. The Morgan fingerprint density at radius 3 is 2.56 bits per heavy atom. The van der Waals surface area contributed by atoms with E-state index in [2.05, 4.69) is 9.88 Å². The molecule has 7 heteroatoms. The largest absolute Gasteiger partial charge is 0.295 e. The summed E-state index contributed by atoms with van der Waals surface area (Å²) in [7, 11) is -3.06. The van der Waals surface area contributed by atoms with Crippen LogP contribution in [0, 0.1) is 0 Å². The second-order valence-electron chi connectivity index (χ2n) is 4.40. The minimum Gasteiger partial charge on any atom is -0.295 e. The van der Waals surface area contributed by atoms with Gasteiger partial charge in [-0.05, 0) is 12.1 Å². The number of aromatic nitrogens is 1. The van der Waals surface area contributed by atoms with E-state index in [0.717, 1.165) is 18.8 Å². The van der Waals surface area contributed by atoms with Crippen molar-refractivity contribution in [2.45, 2.75) is 6.54 Å². The molecule has 1 aliphatic heterocycles. The minimum absolute atomic E-state index is 0.541. The molecule has 0 unspecified atom stereocenters. The normalized spacial score (nSPS) is 19.0. The summed E-state index contributed by atoms with van der Waals surface area (Å²) in [6.07, 6.45) is 2.94. The first kappa shape index (κ1) is 13.7. The fraction of sp³-hybridized carbons (Fsp3) is 0.545. The molecule has 1 aromatic heterocycles.